The Kier molecular flexibility index (Phi) is 3.52. The molecule has 20 heavy (non-hydrogen) atoms. The second-order valence-electron chi connectivity index (χ2n) is 4.64. The molecule has 6 heteroatoms. The highest BCUT2D eigenvalue weighted by atomic mass is 79.9. The van der Waals surface area contributed by atoms with E-state index in [1.165, 1.54) is 0 Å². The van der Waals surface area contributed by atoms with Crippen molar-refractivity contribution in [2.24, 2.45) is 0 Å². The van der Waals surface area contributed by atoms with E-state index in [4.69, 9.17) is 0 Å². The van der Waals surface area contributed by atoms with Crippen molar-refractivity contribution in [3.63, 3.8) is 0 Å². The van der Waals surface area contributed by atoms with Crippen LogP contribution in [0.15, 0.2) is 39.3 Å². The number of halogens is 2. The van der Waals surface area contributed by atoms with E-state index in [1.54, 1.807) is 0 Å². The molecule has 0 spiro atoms. The monoisotopic (exact) mass is 394 g/mol. The summed E-state index contributed by atoms with van der Waals surface area (Å²) in [4.78, 5) is 14.4. The smallest absolute Gasteiger partial charge is 0.180 e. The zero-order valence-electron chi connectivity index (χ0n) is 11.0. The third-order valence-corrected chi connectivity index (χ3v) is 4.12. The lowest BCUT2D eigenvalue weighted by Crippen LogP contribution is -2.10. The summed E-state index contributed by atoms with van der Waals surface area (Å²) in [6.45, 7) is 0. The van der Waals surface area contributed by atoms with Crippen LogP contribution in [0.2, 0.25) is 0 Å². The maximum Gasteiger partial charge on any atom is 0.180 e. The van der Waals surface area contributed by atoms with Crippen LogP contribution in [0.4, 0.5) is 5.82 Å². The van der Waals surface area contributed by atoms with E-state index < -0.39 is 0 Å². The molecule has 0 amide bonds. The second kappa shape index (κ2) is 5.18. The predicted molar refractivity (Wildman–Crippen MR) is 89.1 cm³/mol. The van der Waals surface area contributed by atoms with Crippen molar-refractivity contribution in [2.45, 2.75) is 0 Å². The van der Waals surface area contributed by atoms with Gasteiger partial charge in [-0.05, 0) is 46.3 Å². The van der Waals surface area contributed by atoms with Crippen LogP contribution in [0.3, 0.4) is 0 Å². The Hall–Kier alpha value is -1.40. The van der Waals surface area contributed by atoms with Crippen molar-refractivity contribution >= 4 is 48.8 Å². The van der Waals surface area contributed by atoms with Crippen LogP contribution in [0, 0.1) is 0 Å². The molecule has 0 saturated carbocycles. The van der Waals surface area contributed by atoms with Gasteiger partial charge in [0.05, 0.1) is 5.52 Å². The number of anilines is 1. The number of aromatic amines is 1. The average molecular weight is 396 g/mol. The SMILES string of the molecule is CN(C)c1ccc2[nH]c(-c3ccc(Br)cc3Br)nc2n1. The molecule has 1 aromatic carbocycles. The lowest BCUT2D eigenvalue weighted by molar-refractivity contribution is 1.08. The zero-order chi connectivity index (χ0) is 14.3. The molecule has 3 aromatic rings. The number of H-pyrrole nitrogens is 1. The number of aromatic nitrogens is 3. The average Bonchev–Trinajstić information content (AvgIpc) is 2.80. The van der Waals surface area contributed by atoms with Gasteiger partial charge in [0.2, 0.25) is 0 Å². The normalized spacial score (nSPS) is 11.0. The van der Waals surface area contributed by atoms with Crippen LogP contribution in [0.25, 0.3) is 22.6 Å². The van der Waals surface area contributed by atoms with Gasteiger partial charge in [-0.3, -0.25) is 0 Å². The third kappa shape index (κ3) is 2.45. The Balaban J connectivity index is 2.13. The largest absolute Gasteiger partial charge is 0.363 e. The van der Waals surface area contributed by atoms with Gasteiger partial charge in [-0.15, -0.1) is 0 Å². The van der Waals surface area contributed by atoms with Gasteiger partial charge >= 0.3 is 0 Å². The van der Waals surface area contributed by atoms with Crippen LogP contribution in [0.5, 0.6) is 0 Å². The first-order valence-electron chi connectivity index (χ1n) is 6.04. The highest BCUT2D eigenvalue weighted by Gasteiger charge is 2.10. The summed E-state index contributed by atoms with van der Waals surface area (Å²) in [5, 5.41) is 0. The number of fused-ring (bicyclic) bond motifs is 1. The van der Waals surface area contributed by atoms with E-state index in [2.05, 4.69) is 46.8 Å². The summed E-state index contributed by atoms with van der Waals surface area (Å²) in [6.07, 6.45) is 0. The summed E-state index contributed by atoms with van der Waals surface area (Å²) < 4.78 is 2.01. The first-order chi connectivity index (χ1) is 9.54. The number of imidazole rings is 1. The number of nitrogens with one attached hydrogen (secondary N) is 1. The summed E-state index contributed by atoms with van der Waals surface area (Å²) in [7, 11) is 3.93. The van der Waals surface area contributed by atoms with Crippen molar-refractivity contribution in [1.29, 1.82) is 0 Å². The van der Waals surface area contributed by atoms with Crippen LogP contribution in [0.1, 0.15) is 0 Å². The molecule has 0 aliphatic heterocycles. The predicted octanol–water partition coefficient (Wildman–Crippen LogP) is 4.22. The Labute approximate surface area is 133 Å². The quantitative estimate of drug-likeness (QED) is 0.706. The molecule has 4 nitrogen and oxygen atoms in total. The van der Waals surface area contributed by atoms with Crippen molar-refractivity contribution < 1.29 is 0 Å². The molecule has 0 fully saturated rings. The minimum Gasteiger partial charge on any atom is -0.363 e. The van der Waals surface area contributed by atoms with E-state index in [-0.39, 0.29) is 0 Å². The number of benzene rings is 1. The maximum absolute atomic E-state index is 4.58. The lowest BCUT2D eigenvalue weighted by atomic mass is 10.2. The fourth-order valence-electron chi connectivity index (χ4n) is 1.94. The standard InChI is InChI=1S/C14H12Br2N4/c1-20(2)12-6-5-11-14(18-12)19-13(17-11)9-4-3-8(15)7-10(9)16/h3-7H,1-2H3,(H,17,18,19). The molecule has 0 radical (unpaired) electrons. The third-order valence-electron chi connectivity index (χ3n) is 2.98. The summed E-state index contributed by atoms with van der Waals surface area (Å²) >= 11 is 7.01. The van der Waals surface area contributed by atoms with E-state index in [1.807, 2.05) is 49.3 Å². The van der Waals surface area contributed by atoms with Crippen molar-refractivity contribution in [3.05, 3.63) is 39.3 Å². The molecule has 102 valence electrons. The van der Waals surface area contributed by atoms with Crippen LogP contribution in [-0.2, 0) is 0 Å². The van der Waals surface area contributed by atoms with Gasteiger partial charge in [0.25, 0.3) is 0 Å². The van der Waals surface area contributed by atoms with Gasteiger partial charge in [0.1, 0.15) is 11.6 Å². The van der Waals surface area contributed by atoms with Gasteiger partial charge in [0.15, 0.2) is 5.65 Å². The molecule has 0 unspecified atom stereocenters. The molecule has 2 aromatic heterocycles. The van der Waals surface area contributed by atoms with Crippen LogP contribution < -0.4 is 4.90 Å². The van der Waals surface area contributed by atoms with Gasteiger partial charge in [-0.1, -0.05) is 15.9 Å². The molecule has 0 aliphatic rings. The minimum atomic E-state index is 0.723. The Morgan fingerprint density at radius 2 is 1.85 bits per heavy atom. The molecule has 0 atom stereocenters. The van der Waals surface area contributed by atoms with Gasteiger partial charge in [0, 0.05) is 28.6 Å². The first kappa shape index (κ1) is 13.6. The zero-order valence-corrected chi connectivity index (χ0v) is 14.2. The van der Waals surface area contributed by atoms with E-state index in [0.29, 0.717) is 0 Å². The second-order valence-corrected chi connectivity index (χ2v) is 6.41. The van der Waals surface area contributed by atoms with E-state index in [0.717, 1.165) is 37.3 Å². The van der Waals surface area contributed by atoms with Gasteiger partial charge in [-0.2, -0.15) is 0 Å². The topological polar surface area (TPSA) is 44.8 Å². The minimum absolute atomic E-state index is 0.723. The molecule has 3 rings (SSSR count). The van der Waals surface area contributed by atoms with Crippen LogP contribution >= 0.6 is 31.9 Å². The van der Waals surface area contributed by atoms with Crippen molar-refractivity contribution in [1.82, 2.24) is 15.0 Å². The highest BCUT2D eigenvalue weighted by Crippen LogP contribution is 2.30. The number of nitrogens with zero attached hydrogens (tertiary/aromatic N) is 3. The molecular weight excluding hydrogens is 384 g/mol. The van der Waals surface area contributed by atoms with Crippen LogP contribution in [-0.4, -0.2) is 29.0 Å². The van der Waals surface area contributed by atoms with E-state index in [9.17, 15) is 0 Å². The molecular formula is C14H12Br2N4. The molecule has 0 aliphatic carbocycles. The number of pyridine rings is 1. The Bertz CT molecular complexity index is 780. The number of hydrogen-bond donors (Lipinski definition) is 1. The number of rotatable bonds is 2. The fraction of sp³-hybridized carbons (Fsp3) is 0.143. The van der Waals surface area contributed by atoms with Gasteiger partial charge in [-0.25, -0.2) is 9.97 Å². The maximum atomic E-state index is 4.58. The molecule has 1 N–H and O–H groups in total. The fourth-order valence-corrected chi connectivity index (χ4v) is 3.18. The number of hydrogen-bond acceptors (Lipinski definition) is 3. The molecule has 2 heterocycles. The van der Waals surface area contributed by atoms with E-state index >= 15 is 0 Å². The summed E-state index contributed by atoms with van der Waals surface area (Å²) in [5.74, 6) is 1.70. The molecule has 0 saturated heterocycles. The molecule has 0 bridgehead atoms. The Morgan fingerprint density at radius 1 is 1.05 bits per heavy atom. The highest BCUT2D eigenvalue weighted by molar-refractivity contribution is 9.11. The first-order valence-corrected chi connectivity index (χ1v) is 7.63. The lowest BCUT2D eigenvalue weighted by Gasteiger charge is -2.09. The Morgan fingerprint density at radius 3 is 2.55 bits per heavy atom. The summed E-state index contributed by atoms with van der Waals surface area (Å²) in [5.41, 5.74) is 2.67. The van der Waals surface area contributed by atoms with Crippen molar-refractivity contribution in [3.8, 4) is 11.4 Å². The van der Waals surface area contributed by atoms with Crippen molar-refractivity contribution in [2.75, 3.05) is 19.0 Å². The van der Waals surface area contributed by atoms with Gasteiger partial charge < -0.3 is 9.88 Å². The summed E-state index contributed by atoms with van der Waals surface area (Å²) in [6, 6.07) is 9.98.